The molecule has 3 rings (SSSR count). The first-order valence-electron chi connectivity index (χ1n) is 8.72. The Bertz CT molecular complexity index is 1050. The van der Waals surface area contributed by atoms with Gasteiger partial charge in [-0.15, -0.1) is 0 Å². The van der Waals surface area contributed by atoms with Crippen molar-refractivity contribution in [1.82, 2.24) is 4.31 Å². The molecule has 1 N–H and O–H groups in total. The fourth-order valence-electron chi connectivity index (χ4n) is 3.13. The van der Waals surface area contributed by atoms with Gasteiger partial charge in [-0.05, 0) is 43.2 Å². The van der Waals surface area contributed by atoms with Gasteiger partial charge < -0.3 is 5.32 Å². The Kier molecular flexibility index (Phi) is 6.15. The second-order valence-corrected chi connectivity index (χ2v) is 8.79. The molecule has 1 amide bonds. The number of anilines is 1. The minimum atomic E-state index is -4.04. The standard InChI is InChI=1S/C18H17ClFN3O5S/c19-15-11-12(4-9-16(15)20)21-18(24)17-3-1-2-10-22(17)29(27,28)14-7-5-13(6-8-14)23(25)26/h4-9,11,17H,1-3,10H2,(H,21,24)/t17-/m1/s1. The SMILES string of the molecule is O=C(Nc1ccc(F)c(Cl)c1)[C@H]1CCCCN1S(=O)(=O)c1ccc([N+](=O)[O-])cc1. The van der Waals surface area contributed by atoms with Crippen LogP contribution in [-0.2, 0) is 14.8 Å². The van der Waals surface area contributed by atoms with Gasteiger partial charge >= 0.3 is 0 Å². The quantitative estimate of drug-likeness (QED) is 0.563. The first kappa shape index (κ1) is 21.2. The molecule has 0 saturated carbocycles. The number of benzene rings is 2. The highest BCUT2D eigenvalue weighted by Crippen LogP contribution is 2.28. The van der Waals surface area contributed by atoms with Crippen molar-refractivity contribution < 1.29 is 22.5 Å². The number of carbonyl (C=O) groups excluding carboxylic acids is 1. The number of nitro benzene ring substituents is 1. The lowest BCUT2D eigenvalue weighted by Gasteiger charge is -2.33. The zero-order chi connectivity index (χ0) is 21.2. The molecule has 0 bridgehead atoms. The fourth-order valence-corrected chi connectivity index (χ4v) is 4.97. The summed E-state index contributed by atoms with van der Waals surface area (Å²) in [4.78, 5) is 22.8. The second kappa shape index (κ2) is 8.44. The Balaban J connectivity index is 1.85. The molecule has 1 atom stereocenters. The molecule has 0 aliphatic carbocycles. The average molecular weight is 442 g/mol. The van der Waals surface area contributed by atoms with Crippen LogP contribution in [0.4, 0.5) is 15.8 Å². The highest BCUT2D eigenvalue weighted by atomic mass is 35.5. The maximum absolute atomic E-state index is 13.3. The lowest BCUT2D eigenvalue weighted by molar-refractivity contribution is -0.384. The molecular weight excluding hydrogens is 425 g/mol. The molecule has 0 aromatic heterocycles. The Morgan fingerprint density at radius 1 is 1.21 bits per heavy atom. The van der Waals surface area contributed by atoms with Crippen LogP contribution in [0, 0.1) is 15.9 Å². The van der Waals surface area contributed by atoms with Gasteiger partial charge in [0.15, 0.2) is 0 Å². The maximum atomic E-state index is 13.3. The smallest absolute Gasteiger partial charge is 0.269 e. The summed E-state index contributed by atoms with van der Waals surface area (Å²) >= 11 is 5.72. The lowest BCUT2D eigenvalue weighted by Crippen LogP contribution is -2.49. The third-order valence-electron chi connectivity index (χ3n) is 4.60. The number of non-ortho nitro benzene ring substituents is 1. The number of sulfonamides is 1. The molecule has 1 fully saturated rings. The minimum Gasteiger partial charge on any atom is -0.325 e. The van der Waals surface area contributed by atoms with Crippen molar-refractivity contribution in [2.75, 3.05) is 11.9 Å². The van der Waals surface area contributed by atoms with E-state index in [1.165, 1.54) is 12.1 Å². The van der Waals surface area contributed by atoms with Crippen molar-refractivity contribution in [2.45, 2.75) is 30.2 Å². The van der Waals surface area contributed by atoms with Gasteiger partial charge in [-0.25, -0.2) is 12.8 Å². The Labute approximate surface area is 171 Å². The molecule has 29 heavy (non-hydrogen) atoms. The topological polar surface area (TPSA) is 110 Å². The molecule has 1 aliphatic rings. The third-order valence-corrected chi connectivity index (χ3v) is 6.81. The van der Waals surface area contributed by atoms with E-state index in [4.69, 9.17) is 11.6 Å². The third kappa shape index (κ3) is 4.55. The van der Waals surface area contributed by atoms with Crippen molar-refractivity contribution in [3.05, 3.63) is 63.4 Å². The molecule has 8 nitrogen and oxygen atoms in total. The molecule has 1 saturated heterocycles. The Hall–Kier alpha value is -2.56. The molecule has 1 aliphatic heterocycles. The number of hydrogen-bond acceptors (Lipinski definition) is 5. The molecule has 11 heteroatoms. The summed E-state index contributed by atoms with van der Waals surface area (Å²) in [7, 11) is -4.04. The first-order chi connectivity index (χ1) is 13.7. The van der Waals surface area contributed by atoms with E-state index in [1.54, 1.807) is 0 Å². The molecule has 0 radical (unpaired) electrons. The van der Waals surface area contributed by atoms with Crippen LogP contribution in [0.1, 0.15) is 19.3 Å². The molecule has 2 aromatic rings. The summed E-state index contributed by atoms with van der Waals surface area (Å²) in [6, 6.07) is 7.22. The monoisotopic (exact) mass is 441 g/mol. The first-order valence-corrected chi connectivity index (χ1v) is 10.5. The summed E-state index contributed by atoms with van der Waals surface area (Å²) in [6.07, 6.45) is 1.56. The van der Waals surface area contributed by atoms with Gasteiger partial charge in [0.1, 0.15) is 11.9 Å². The van der Waals surface area contributed by atoms with E-state index in [-0.39, 0.29) is 27.8 Å². The molecule has 0 unspecified atom stereocenters. The highest BCUT2D eigenvalue weighted by Gasteiger charge is 2.37. The van der Waals surface area contributed by atoms with Crippen molar-refractivity contribution in [1.29, 1.82) is 0 Å². The maximum Gasteiger partial charge on any atom is 0.269 e. The van der Waals surface area contributed by atoms with E-state index in [0.717, 1.165) is 34.6 Å². The summed E-state index contributed by atoms with van der Waals surface area (Å²) in [5, 5.41) is 13.2. The number of hydrogen-bond donors (Lipinski definition) is 1. The normalized spacial score (nSPS) is 17.7. The van der Waals surface area contributed by atoms with Crippen LogP contribution in [-0.4, -0.2) is 36.1 Å². The Morgan fingerprint density at radius 3 is 2.52 bits per heavy atom. The molecule has 1 heterocycles. The molecule has 0 spiro atoms. The van der Waals surface area contributed by atoms with Crippen LogP contribution in [0.25, 0.3) is 0 Å². The van der Waals surface area contributed by atoms with Gasteiger partial charge in [-0.2, -0.15) is 4.31 Å². The number of carbonyl (C=O) groups is 1. The van der Waals surface area contributed by atoms with Crippen molar-refractivity contribution in [3.8, 4) is 0 Å². The van der Waals surface area contributed by atoms with E-state index in [9.17, 15) is 27.7 Å². The summed E-state index contributed by atoms with van der Waals surface area (Å²) in [5.74, 6) is -1.19. The summed E-state index contributed by atoms with van der Waals surface area (Å²) in [5.41, 5.74) is 0.0183. The van der Waals surface area contributed by atoms with Gasteiger partial charge in [0.05, 0.1) is 14.8 Å². The van der Waals surface area contributed by atoms with Gasteiger partial charge in [0.2, 0.25) is 15.9 Å². The molecule has 154 valence electrons. The minimum absolute atomic E-state index is 0.132. The number of nitrogens with one attached hydrogen (secondary N) is 1. The zero-order valence-electron chi connectivity index (χ0n) is 15.0. The van der Waals surface area contributed by atoms with E-state index < -0.39 is 32.7 Å². The van der Waals surface area contributed by atoms with Crippen LogP contribution in [0.15, 0.2) is 47.4 Å². The predicted molar refractivity (Wildman–Crippen MR) is 105 cm³/mol. The van der Waals surface area contributed by atoms with Crippen molar-refractivity contribution in [3.63, 3.8) is 0 Å². The van der Waals surface area contributed by atoms with Crippen LogP contribution in [0.5, 0.6) is 0 Å². The van der Waals surface area contributed by atoms with Crippen LogP contribution in [0.2, 0.25) is 5.02 Å². The number of halogens is 2. The van der Waals surface area contributed by atoms with Crippen molar-refractivity contribution >= 4 is 38.9 Å². The number of nitro groups is 1. The highest BCUT2D eigenvalue weighted by molar-refractivity contribution is 7.89. The number of nitrogens with zero attached hydrogens (tertiary/aromatic N) is 2. The second-order valence-electron chi connectivity index (χ2n) is 6.50. The van der Waals surface area contributed by atoms with E-state index >= 15 is 0 Å². The summed E-state index contributed by atoms with van der Waals surface area (Å²) in [6.45, 7) is 0.140. The van der Waals surface area contributed by atoms with E-state index in [2.05, 4.69) is 5.32 Å². The molecule has 2 aromatic carbocycles. The predicted octanol–water partition coefficient (Wildman–Crippen LogP) is 3.57. The largest absolute Gasteiger partial charge is 0.325 e. The van der Waals surface area contributed by atoms with E-state index in [1.807, 2.05) is 0 Å². The number of amides is 1. The number of piperidine rings is 1. The van der Waals surface area contributed by atoms with E-state index in [0.29, 0.717) is 19.3 Å². The van der Waals surface area contributed by atoms with Crippen LogP contribution in [0.3, 0.4) is 0 Å². The zero-order valence-corrected chi connectivity index (χ0v) is 16.6. The molecular formula is C18H17ClFN3O5S. The lowest BCUT2D eigenvalue weighted by atomic mass is 10.0. The Morgan fingerprint density at radius 2 is 1.90 bits per heavy atom. The summed E-state index contributed by atoms with van der Waals surface area (Å²) < 4.78 is 40.5. The van der Waals surface area contributed by atoms with Gasteiger partial charge in [-0.3, -0.25) is 14.9 Å². The van der Waals surface area contributed by atoms with Gasteiger partial charge in [0, 0.05) is 24.4 Å². The van der Waals surface area contributed by atoms with Gasteiger partial charge in [0.25, 0.3) is 5.69 Å². The number of rotatable bonds is 5. The van der Waals surface area contributed by atoms with Gasteiger partial charge in [-0.1, -0.05) is 18.0 Å². The van der Waals surface area contributed by atoms with Crippen LogP contribution < -0.4 is 5.32 Å². The average Bonchev–Trinajstić information content (AvgIpc) is 2.70. The van der Waals surface area contributed by atoms with Crippen LogP contribution >= 0.6 is 11.6 Å². The van der Waals surface area contributed by atoms with Crippen molar-refractivity contribution in [2.24, 2.45) is 0 Å². The fraction of sp³-hybridized carbons (Fsp3) is 0.278.